The molecule has 1 amide bonds. The first-order valence-electron chi connectivity index (χ1n) is 10.1. The highest BCUT2D eigenvalue weighted by Crippen LogP contribution is 2.43. The number of ether oxygens (including phenoxy) is 2. The molecule has 2 heterocycles. The van der Waals surface area contributed by atoms with Crippen LogP contribution < -0.4 is 9.47 Å². The summed E-state index contributed by atoms with van der Waals surface area (Å²) in [5.41, 5.74) is 0.454. The van der Waals surface area contributed by atoms with Crippen LogP contribution in [-0.4, -0.2) is 40.8 Å². The highest BCUT2D eigenvalue weighted by molar-refractivity contribution is 7.09. The molecule has 0 aliphatic carbocycles. The molecule has 4 rings (SSSR count). The average molecular weight is 480 g/mol. The summed E-state index contributed by atoms with van der Waals surface area (Å²) in [6.07, 6.45) is 0. The zero-order valence-corrected chi connectivity index (χ0v) is 19.1. The molecule has 0 bridgehead atoms. The van der Waals surface area contributed by atoms with Crippen LogP contribution in [0.1, 0.15) is 22.0 Å². The average Bonchev–Trinajstić information content (AvgIpc) is 3.45. The summed E-state index contributed by atoms with van der Waals surface area (Å²) in [5, 5.41) is 23.9. The third-order valence-corrected chi connectivity index (χ3v) is 6.38. The second kappa shape index (κ2) is 9.36. The number of non-ortho nitro benzene ring substituents is 1. The van der Waals surface area contributed by atoms with E-state index in [0.29, 0.717) is 17.1 Å². The van der Waals surface area contributed by atoms with Gasteiger partial charge in [0, 0.05) is 22.6 Å². The number of carbonyl (C=O) groups is 2. The zero-order valence-electron chi connectivity index (χ0n) is 18.3. The second-order valence-electron chi connectivity index (χ2n) is 7.42. The monoisotopic (exact) mass is 480 g/mol. The number of nitrogens with zero attached hydrogens (tertiary/aromatic N) is 2. The number of ketones is 1. The van der Waals surface area contributed by atoms with Crippen molar-refractivity contribution in [2.24, 2.45) is 0 Å². The predicted octanol–water partition coefficient (Wildman–Crippen LogP) is 4.30. The number of nitro benzene ring substituents is 1. The Hall–Kier alpha value is -4.18. The van der Waals surface area contributed by atoms with Crippen molar-refractivity contribution >= 4 is 34.5 Å². The molecule has 1 fully saturated rings. The largest absolute Gasteiger partial charge is 0.507 e. The van der Waals surface area contributed by atoms with Gasteiger partial charge in [-0.2, -0.15) is 0 Å². The standard InChI is InChI=1S/C24H20N2O7S/c1-32-18-10-7-15(12-19(18)33-2)21-20(22(27)14-5-8-16(9-6-14)26(30)31)23(28)24(29)25(21)13-17-4-3-11-34-17/h3-12,21,27H,13H2,1-2H3/b22-20-. The van der Waals surface area contributed by atoms with Crippen LogP contribution in [0.3, 0.4) is 0 Å². The van der Waals surface area contributed by atoms with Crippen LogP contribution >= 0.6 is 11.3 Å². The minimum Gasteiger partial charge on any atom is -0.507 e. The normalized spacial score (nSPS) is 17.1. The van der Waals surface area contributed by atoms with Gasteiger partial charge >= 0.3 is 0 Å². The van der Waals surface area contributed by atoms with Gasteiger partial charge in [-0.1, -0.05) is 12.1 Å². The number of aliphatic hydroxyl groups excluding tert-OH is 1. The van der Waals surface area contributed by atoms with Crippen molar-refractivity contribution in [1.29, 1.82) is 0 Å². The predicted molar refractivity (Wildman–Crippen MR) is 125 cm³/mol. The lowest BCUT2D eigenvalue weighted by Crippen LogP contribution is -2.28. The summed E-state index contributed by atoms with van der Waals surface area (Å²) in [6, 6.07) is 12.9. The highest BCUT2D eigenvalue weighted by Gasteiger charge is 2.46. The molecule has 34 heavy (non-hydrogen) atoms. The molecule has 1 saturated heterocycles. The maximum Gasteiger partial charge on any atom is 0.295 e. The number of rotatable bonds is 7. The van der Waals surface area contributed by atoms with Crippen molar-refractivity contribution < 1.29 is 29.1 Å². The van der Waals surface area contributed by atoms with Gasteiger partial charge in [0.05, 0.1) is 37.3 Å². The molecule has 1 aliphatic rings. The van der Waals surface area contributed by atoms with Gasteiger partial charge < -0.3 is 19.5 Å². The lowest BCUT2D eigenvalue weighted by atomic mass is 9.95. The third-order valence-electron chi connectivity index (χ3n) is 5.52. The Morgan fingerprint density at radius 1 is 1.09 bits per heavy atom. The Morgan fingerprint density at radius 3 is 2.38 bits per heavy atom. The lowest BCUT2D eigenvalue weighted by Gasteiger charge is -2.25. The summed E-state index contributed by atoms with van der Waals surface area (Å²) in [6.45, 7) is 0.165. The molecule has 0 spiro atoms. The van der Waals surface area contributed by atoms with Gasteiger partial charge in [0.1, 0.15) is 5.76 Å². The Bertz CT molecular complexity index is 1280. The zero-order chi connectivity index (χ0) is 24.4. The van der Waals surface area contributed by atoms with Crippen molar-refractivity contribution in [1.82, 2.24) is 4.90 Å². The highest BCUT2D eigenvalue weighted by atomic mass is 32.1. The van der Waals surface area contributed by atoms with Gasteiger partial charge in [0.25, 0.3) is 17.4 Å². The summed E-state index contributed by atoms with van der Waals surface area (Å²) in [5.74, 6) is -1.14. The number of benzene rings is 2. The van der Waals surface area contributed by atoms with Crippen LogP contribution in [0.2, 0.25) is 0 Å². The minimum atomic E-state index is -0.905. The Morgan fingerprint density at radius 2 is 1.79 bits per heavy atom. The fourth-order valence-electron chi connectivity index (χ4n) is 3.88. The van der Waals surface area contributed by atoms with Crippen molar-refractivity contribution in [2.75, 3.05) is 14.2 Å². The van der Waals surface area contributed by atoms with E-state index in [1.165, 1.54) is 54.7 Å². The van der Waals surface area contributed by atoms with E-state index in [0.717, 1.165) is 4.88 Å². The van der Waals surface area contributed by atoms with Crippen LogP contribution in [0.5, 0.6) is 11.5 Å². The second-order valence-corrected chi connectivity index (χ2v) is 8.46. The van der Waals surface area contributed by atoms with Gasteiger partial charge in [-0.25, -0.2) is 0 Å². The van der Waals surface area contributed by atoms with Gasteiger partial charge in [-0.15, -0.1) is 11.3 Å². The molecule has 0 radical (unpaired) electrons. The van der Waals surface area contributed by atoms with E-state index in [1.807, 2.05) is 17.5 Å². The molecule has 1 aromatic heterocycles. The van der Waals surface area contributed by atoms with Gasteiger partial charge in [0.2, 0.25) is 0 Å². The quantitative estimate of drug-likeness (QED) is 0.176. The Labute approximate surface area is 198 Å². The molecule has 9 nitrogen and oxygen atoms in total. The third kappa shape index (κ3) is 4.11. The summed E-state index contributed by atoms with van der Waals surface area (Å²) < 4.78 is 10.7. The van der Waals surface area contributed by atoms with E-state index in [-0.39, 0.29) is 23.4 Å². The maximum absolute atomic E-state index is 13.1. The van der Waals surface area contributed by atoms with Gasteiger partial charge in [0.15, 0.2) is 11.5 Å². The number of aliphatic hydroxyl groups is 1. The Kier molecular flexibility index (Phi) is 6.33. The molecule has 1 unspecified atom stereocenters. The maximum atomic E-state index is 13.1. The molecule has 2 aromatic carbocycles. The molecule has 1 atom stereocenters. The number of thiophene rings is 1. The van der Waals surface area contributed by atoms with Crippen molar-refractivity contribution in [3.63, 3.8) is 0 Å². The van der Waals surface area contributed by atoms with Crippen molar-refractivity contribution in [3.05, 3.63) is 91.7 Å². The topological polar surface area (TPSA) is 119 Å². The van der Waals surface area contributed by atoms with Crippen LogP contribution in [0.4, 0.5) is 5.69 Å². The molecular weight excluding hydrogens is 460 g/mol. The first kappa shape index (κ1) is 23.0. The van der Waals surface area contributed by atoms with E-state index in [1.54, 1.807) is 18.2 Å². The lowest BCUT2D eigenvalue weighted by molar-refractivity contribution is -0.384. The number of hydrogen-bond acceptors (Lipinski definition) is 8. The summed E-state index contributed by atoms with van der Waals surface area (Å²) in [7, 11) is 2.97. The van der Waals surface area contributed by atoms with Crippen LogP contribution in [0, 0.1) is 10.1 Å². The molecular formula is C24H20N2O7S. The van der Waals surface area contributed by atoms with E-state index in [9.17, 15) is 24.8 Å². The number of likely N-dealkylation sites (tertiary alicyclic amines) is 1. The van der Waals surface area contributed by atoms with E-state index < -0.39 is 28.4 Å². The number of carbonyl (C=O) groups excluding carboxylic acids is 2. The molecule has 3 aromatic rings. The van der Waals surface area contributed by atoms with Crippen LogP contribution in [0.15, 0.2) is 65.6 Å². The summed E-state index contributed by atoms with van der Waals surface area (Å²) in [4.78, 5) is 38.9. The SMILES string of the molecule is COc1ccc(C2/C(=C(/O)c3ccc([N+](=O)[O-])cc3)C(=O)C(=O)N2Cc2cccs2)cc1OC. The van der Waals surface area contributed by atoms with Crippen LogP contribution in [0.25, 0.3) is 5.76 Å². The molecule has 1 N–H and O–H groups in total. The summed E-state index contributed by atoms with van der Waals surface area (Å²) >= 11 is 1.44. The van der Waals surface area contributed by atoms with Crippen LogP contribution in [-0.2, 0) is 16.1 Å². The molecule has 10 heteroatoms. The number of methoxy groups -OCH3 is 2. The molecule has 174 valence electrons. The number of amides is 1. The van der Waals surface area contributed by atoms with Gasteiger partial charge in [-0.05, 0) is 41.3 Å². The minimum absolute atomic E-state index is 0.109. The number of hydrogen-bond donors (Lipinski definition) is 1. The molecule has 1 aliphatic heterocycles. The fraction of sp³-hybridized carbons (Fsp3) is 0.167. The van der Waals surface area contributed by atoms with E-state index >= 15 is 0 Å². The van der Waals surface area contributed by atoms with E-state index in [4.69, 9.17) is 9.47 Å². The van der Waals surface area contributed by atoms with Crippen molar-refractivity contribution in [3.8, 4) is 11.5 Å². The number of Topliss-reactive ketones (excluding diaryl/α,β-unsaturated/α-hetero) is 1. The first-order chi connectivity index (χ1) is 16.3. The fourth-order valence-corrected chi connectivity index (χ4v) is 4.58. The Balaban J connectivity index is 1.87. The van der Waals surface area contributed by atoms with Crippen molar-refractivity contribution in [2.45, 2.75) is 12.6 Å². The smallest absolute Gasteiger partial charge is 0.295 e. The number of nitro groups is 1. The first-order valence-corrected chi connectivity index (χ1v) is 11.0. The van der Waals surface area contributed by atoms with E-state index in [2.05, 4.69) is 0 Å². The molecule has 0 saturated carbocycles. The van der Waals surface area contributed by atoms with Gasteiger partial charge in [-0.3, -0.25) is 19.7 Å².